The lowest BCUT2D eigenvalue weighted by atomic mass is 10.2. The summed E-state index contributed by atoms with van der Waals surface area (Å²) in [6, 6.07) is 7.43. The van der Waals surface area contributed by atoms with Gasteiger partial charge in [0.15, 0.2) is 0 Å². The van der Waals surface area contributed by atoms with Crippen molar-refractivity contribution in [3.63, 3.8) is 0 Å². The fourth-order valence-corrected chi connectivity index (χ4v) is 1.01. The number of nitriles is 1. The van der Waals surface area contributed by atoms with Crippen molar-refractivity contribution in [3.8, 4) is 6.07 Å². The number of hydrogen-bond acceptors (Lipinski definition) is 3. The minimum atomic E-state index is 0. The molecule has 2 rings (SSSR count). The molecule has 3 nitrogen and oxygen atoms in total. The first-order valence-electron chi connectivity index (χ1n) is 3.51. The summed E-state index contributed by atoms with van der Waals surface area (Å²) in [5.74, 6) is 0. The molecule has 0 bridgehead atoms. The molecule has 0 aromatic carbocycles. The van der Waals surface area contributed by atoms with Crippen LogP contribution in [-0.2, 0) is 0 Å². The van der Waals surface area contributed by atoms with Gasteiger partial charge in [-0.1, -0.05) is 0 Å². The molecule has 2 aromatic rings. The highest BCUT2D eigenvalue weighted by Gasteiger charge is 1.95. The van der Waals surface area contributed by atoms with Crippen molar-refractivity contribution in [2.24, 2.45) is 0 Å². The fourth-order valence-electron chi connectivity index (χ4n) is 1.01. The molecule has 0 saturated heterocycles. The van der Waals surface area contributed by atoms with Gasteiger partial charge in [0, 0.05) is 12.4 Å². The number of fused-ring (bicyclic) bond motifs is 1. The van der Waals surface area contributed by atoms with Gasteiger partial charge >= 0.3 is 0 Å². The highest BCUT2D eigenvalue weighted by molar-refractivity contribution is 5.85. The standard InChI is InChI=1S/C9H5N3.ClH/c10-5-7-4-9-8(12-6-7)2-1-3-11-9;/h1-4,6H;1H. The van der Waals surface area contributed by atoms with Crippen molar-refractivity contribution in [1.82, 2.24) is 9.97 Å². The third-order valence-corrected chi connectivity index (χ3v) is 1.58. The first-order valence-corrected chi connectivity index (χ1v) is 3.51. The van der Waals surface area contributed by atoms with E-state index in [4.69, 9.17) is 5.26 Å². The van der Waals surface area contributed by atoms with Crippen molar-refractivity contribution in [2.75, 3.05) is 0 Å². The number of halogens is 1. The van der Waals surface area contributed by atoms with E-state index in [0.717, 1.165) is 11.0 Å². The summed E-state index contributed by atoms with van der Waals surface area (Å²) < 4.78 is 0. The van der Waals surface area contributed by atoms with Crippen molar-refractivity contribution in [1.29, 1.82) is 5.26 Å². The van der Waals surface area contributed by atoms with Crippen LogP contribution in [0.15, 0.2) is 30.6 Å². The van der Waals surface area contributed by atoms with Crippen molar-refractivity contribution < 1.29 is 0 Å². The Bertz CT molecular complexity index is 462. The zero-order valence-electron chi connectivity index (χ0n) is 6.64. The molecule has 0 amide bonds. The predicted octanol–water partition coefficient (Wildman–Crippen LogP) is 1.92. The second kappa shape index (κ2) is 3.83. The number of rotatable bonds is 0. The Labute approximate surface area is 81.5 Å². The molecule has 0 aliphatic carbocycles. The van der Waals surface area contributed by atoms with Crippen LogP contribution in [-0.4, -0.2) is 9.97 Å². The van der Waals surface area contributed by atoms with Crippen molar-refractivity contribution >= 4 is 23.4 Å². The molecule has 0 unspecified atom stereocenters. The second-order valence-electron chi connectivity index (χ2n) is 2.38. The molecular formula is C9H6ClN3. The molecule has 0 N–H and O–H groups in total. The molecule has 0 spiro atoms. The number of hydrogen-bond donors (Lipinski definition) is 0. The van der Waals surface area contributed by atoms with E-state index in [1.54, 1.807) is 18.5 Å². The summed E-state index contributed by atoms with van der Waals surface area (Å²) in [5.41, 5.74) is 2.12. The predicted molar refractivity (Wildman–Crippen MR) is 51.5 cm³/mol. The van der Waals surface area contributed by atoms with E-state index in [2.05, 4.69) is 9.97 Å². The monoisotopic (exact) mass is 191 g/mol. The van der Waals surface area contributed by atoms with Crippen LogP contribution in [0.25, 0.3) is 11.0 Å². The van der Waals surface area contributed by atoms with E-state index in [1.165, 1.54) is 0 Å². The maximum absolute atomic E-state index is 8.58. The number of nitrogens with zero attached hydrogens (tertiary/aromatic N) is 3. The average Bonchev–Trinajstić information content (AvgIpc) is 2.17. The number of pyridine rings is 2. The summed E-state index contributed by atoms with van der Waals surface area (Å²) in [7, 11) is 0. The van der Waals surface area contributed by atoms with Gasteiger partial charge in [-0.3, -0.25) is 9.97 Å². The van der Waals surface area contributed by atoms with Crippen molar-refractivity contribution in [2.45, 2.75) is 0 Å². The zero-order valence-corrected chi connectivity index (χ0v) is 7.45. The van der Waals surface area contributed by atoms with Crippen LogP contribution < -0.4 is 0 Å². The lowest BCUT2D eigenvalue weighted by Crippen LogP contribution is -1.83. The molecule has 2 heterocycles. The highest BCUT2D eigenvalue weighted by atomic mass is 35.5. The Hall–Kier alpha value is -1.66. The molecule has 2 aromatic heterocycles. The van der Waals surface area contributed by atoms with Crippen LogP contribution in [0.2, 0.25) is 0 Å². The lowest BCUT2D eigenvalue weighted by molar-refractivity contribution is 1.32. The molecule has 0 fully saturated rings. The maximum atomic E-state index is 8.58. The third kappa shape index (κ3) is 1.74. The normalized spacial score (nSPS) is 8.85. The minimum Gasteiger partial charge on any atom is -0.255 e. The van der Waals surface area contributed by atoms with Gasteiger partial charge < -0.3 is 0 Å². The Balaban J connectivity index is 0.000000845. The van der Waals surface area contributed by atoms with Gasteiger partial charge in [0.05, 0.1) is 16.6 Å². The summed E-state index contributed by atoms with van der Waals surface area (Å²) in [4.78, 5) is 8.14. The lowest BCUT2D eigenvalue weighted by Gasteiger charge is -1.93. The summed E-state index contributed by atoms with van der Waals surface area (Å²) in [6.07, 6.45) is 3.23. The minimum absolute atomic E-state index is 0. The van der Waals surface area contributed by atoms with Crippen LogP contribution in [0.4, 0.5) is 0 Å². The first kappa shape index (κ1) is 9.43. The van der Waals surface area contributed by atoms with Crippen LogP contribution in [0.1, 0.15) is 5.56 Å². The molecule has 4 heteroatoms. The van der Waals surface area contributed by atoms with E-state index >= 15 is 0 Å². The molecule has 13 heavy (non-hydrogen) atoms. The Morgan fingerprint density at radius 2 is 2.08 bits per heavy atom. The second-order valence-corrected chi connectivity index (χ2v) is 2.38. The van der Waals surface area contributed by atoms with Gasteiger partial charge in [0.1, 0.15) is 6.07 Å². The molecule has 0 radical (unpaired) electrons. The van der Waals surface area contributed by atoms with E-state index in [9.17, 15) is 0 Å². The van der Waals surface area contributed by atoms with Gasteiger partial charge in [0.25, 0.3) is 0 Å². The molecule has 0 saturated carbocycles. The van der Waals surface area contributed by atoms with Crippen molar-refractivity contribution in [3.05, 3.63) is 36.2 Å². The quantitative estimate of drug-likeness (QED) is 0.639. The Kier molecular flexibility index (Phi) is 2.78. The zero-order chi connectivity index (χ0) is 8.39. The van der Waals surface area contributed by atoms with E-state index in [1.807, 2.05) is 18.2 Å². The fraction of sp³-hybridized carbons (Fsp3) is 0. The molecule has 64 valence electrons. The number of aromatic nitrogens is 2. The average molecular weight is 192 g/mol. The molecular weight excluding hydrogens is 186 g/mol. The van der Waals surface area contributed by atoms with Gasteiger partial charge in [-0.15, -0.1) is 12.4 Å². The molecule has 0 aliphatic rings. The van der Waals surface area contributed by atoms with Gasteiger partial charge in [-0.25, -0.2) is 0 Å². The smallest absolute Gasteiger partial charge is 0.101 e. The summed E-state index contributed by atoms with van der Waals surface area (Å²) in [5, 5.41) is 8.58. The molecule has 0 aliphatic heterocycles. The first-order chi connectivity index (χ1) is 5.90. The highest BCUT2D eigenvalue weighted by Crippen LogP contribution is 2.08. The van der Waals surface area contributed by atoms with Gasteiger partial charge in [-0.05, 0) is 18.2 Å². The Morgan fingerprint density at radius 1 is 1.23 bits per heavy atom. The largest absolute Gasteiger partial charge is 0.255 e. The van der Waals surface area contributed by atoms with Crippen LogP contribution in [0.3, 0.4) is 0 Å². The summed E-state index contributed by atoms with van der Waals surface area (Å²) >= 11 is 0. The SMILES string of the molecule is Cl.N#Cc1cnc2cccnc2c1. The van der Waals surface area contributed by atoms with E-state index in [-0.39, 0.29) is 12.4 Å². The topological polar surface area (TPSA) is 49.6 Å². The van der Waals surface area contributed by atoms with Gasteiger partial charge in [-0.2, -0.15) is 5.26 Å². The van der Waals surface area contributed by atoms with Gasteiger partial charge in [0.2, 0.25) is 0 Å². The van der Waals surface area contributed by atoms with Crippen LogP contribution in [0, 0.1) is 11.3 Å². The van der Waals surface area contributed by atoms with Crippen LogP contribution >= 0.6 is 12.4 Å². The molecule has 0 atom stereocenters. The van der Waals surface area contributed by atoms with Crippen LogP contribution in [0.5, 0.6) is 0 Å². The summed E-state index contributed by atoms with van der Waals surface area (Å²) in [6.45, 7) is 0. The third-order valence-electron chi connectivity index (χ3n) is 1.58. The van der Waals surface area contributed by atoms with E-state index < -0.39 is 0 Å². The Morgan fingerprint density at radius 3 is 2.85 bits per heavy atom. The van der Waals surface area contributed by atoms with E-state index in [0.29, 0.717) is 5.56 Å². The maximum Gasteiger partial charge on any atom is 0.101 e.